The molecule has 102 valence electrons. The first kappa shape index (κ1) is 15.2. The summed E-state index contributed by atoms with van der Waals surface area (Å²) in [5.41, 5.74) is 2.64. The third-order valence-corrected chi connectivity index (χ3v) is 3.11. The van der Waals surface area contributed by atoms with Crippen LogP contribution in [0.1, 0.15) is 44.4 Å². The third-order valence-electron chi connectivity index (χ3n) is 3.11. The van der Waals surface area contributed by atoms with Gasteiger partial charge in [-0.3, -0.25) is 0 Å². The molecule has 0 aliphatic carbocycles. The van der Waals surface area contributed by atoms with Crippen molar-refractivity contribution in [3.05, 3.63) is 35.4 Å². The van der Waals surface area contributed by atoms with E-state index in [-0.39, 0.29) is 0 Å². The van der Waals surface area contributed by atoms with Gasteiger partial charge in [-0.05, 0) is 31.7 Å². The maximum atomic E-state index is 5.59. The van der Waals surface area contributed by atoms with Crippen molar-refractivity contribution in [2.45, 2.75) is 40.2 Å². The van der Waals surface area contributed by atoms with Crippen LogP contribution in [0.5, 0.6) is 0 Å². The molecule has 0 heterocycles. The number of nitrogens with one attached hydrogen (secondary N) is 1. The Morgan fingerprint density at radius 1 is 1.06 bits per heavy atom. The molecule has 0 saturated carbocycles. The largest absolute Gasteiger partial charge is 0.380 e. The summed E-state index contributed by atoms with van der Waals surface area (Å²) in [6.07, 6.45) is 1.15. The number of hydrogen-bond acceptors (Lipinski definition) is 2. The van der Waals surface area contributed by atoms with E-state index >= 15 is 0 Å². The van der Waals surface area contributed by atoms with Crippen molar-refractivity contribution in [2.24, 2.45) is 5.92 Å². The molecule has 0 aromatic heterocycles. The van der Waals surface area contributed by atoms with Gasteiger partial charge in [0.2, 0.25) is 0 Å². The molecule has 0 saturated heterocycles. The summed E-state index contributed by atoms with van der Waals surface area (Å²) in [5.74, 6) is 0.726. The van der Waals surface area contributed by atoms with Crippen LogP contribution in [0.4, 0.5) is 0 Å². The predicted octanol–water partition coefficient (Wildman–Crippen LogP) is 3.71. The molecule has 0 amide bonds. The summed E-state index contributed by atoms with van der Waals surface area (Å²) in [4.78, 5) is 0. The molecule has 1 unspecified atom stereocenters. The molecule has 0 spiro atoms. The van der Waals surface area contributed by atoms with Crippen LogP contribution < -0.4 is 5.32 Å². The number of aryl methyl sites for hydroxylation is 1. The lowest BCUT2D eigenvalue weighted by molar-refractivity contribution is 0.123. The van der Waals surface area contributed by atoms with Gasteiger partial charge in [-0.2, -0.15) is 0 Å². The van der Waals surface area contributed by atoms with Crippen LogP contribution in [0.25, 0.3) is 0 Å². The second-order valence-corrected chi connectivity index (χ2v) is 5.38. The Morgan fingerprint density at radius 2 is 1.72 bits per heavy atom. The van der Waals surface area contributed by atoms with Crippen LogP contribution >= 0.6 is 0 Å². The monoisotopic (exact) mass is 249 g/mol. The molecule has 0 aliphatic heterocycles. The minimum absolute atomic E-state index is 0.388. The van der Waals surface area contributed by atoms with Crippen molar-refractivity contribution < 1.29 is 4.74 Å². The van der Waals surface area contributed by atoms with Gasteiger partial charge in [0, 0.05) is 19.2 Å². The van der Waals surface area contributed by atoms with Crippen LogP contribution in [-0.4, -0.2) is 19.8 Å². The number of ether oxygens (including phenoxy) is 1. The van der Waals surface area contributed by atoms with Crippen LogP contribution in [0, 0.1) is 12.8 Å². The normalized spacial score (nSPS) is 12.9. The topological polar surface area (TPSA) is 21.3 Å². The molecule has 2 heteroatoms. The van der Waals surface area contributed by atoms with E-state index in [0.717, 1.165) is 32.1 Å². The number of hydrogen-bond donors (Lipinski definition) is 1. The first-order valence-electron chi connectivity index (χ1n) is 6.97. The fourth-order valence-corrected chi connectivity index (χ4v) is 1.74. The molecular weight excluding hydrogens is 222 g/mol. The van der Waals surface area contributed by atoms with Gasteiger partial charge in [-0.15, -0.1) is 0 Å². The summed E-state index contributed by atoms with van der Waals surface area (Å²) in [6.45, 7) is 11.3. The highest BCUT2D eigenvalue weighted by Crippen LogP contribution is 2.12. The SMILES string of the molecule is Cc1ccc(C(C)NCCOCCC(C)C)cc1. The fraction of sp³-hybridized carbons (Fsp3) is 0.625. The third kappa shape index (κ3) is 6.18. The molecule has 1 atom stereocenters. The van der Waals surface area contributed by atoms with E-state index in [9.17, 15) is 0 Å². The van der Waals surface area contributed by atoms with Gasteiger partial charge in [0.1, 0.15) is 0 Å². The average molecular weight is 249 g/mol. The van der Waals surface area contributed by atoms with Gasteiger partial charge in [0.25, 0.3) is 0 Å². The fourth-order valence-electron chi connectivity index (χ4n) is 1.74. The van der Waals surface area contributed by atoms with E-state index < -0.39 is 0 Å². The molecule has 0 aliphatic rings. The standard InChI is InChI=1S/C16H27NO/c1-13(2)9-11-18-12-10-17-15(4)16-7-5-14(3)6-8-16/h5-8,13,15,17H,9-12H2,1-4H3. The van der Waals surface area contributed by atoms with Crippen LogP contribution in [0.15, 0.2) is 24.3 Å². The van der Waals surface area contributed by atoms with Crippen molar-refractivity contribution in [3.8, 4) is 0 Å². The maximum Gasteiger partial charge on any atom is 0.0591 e. The van der Waals surface area contributed by atoms with Crippen molar-refractivity contribution >= 4 is 0 Å². The van der Waals surface area contributed by atoms with Crippen LogP contribution in [0.3, 0.4) is 0 Å². The Kier molecular flexibility index (Phi) is 6.99. The van der Waals surface area contributed by atoms with E-state index in [0.29, 0.717) is 6.04 Å². The highest BCUT2D eigenvalue weighted by Gasteiger charge is 2.03. The number of rotatable bonds is 8. The molecule has 1 aromatic carbocycles. The second kappa shape index (κ2) is 8.28. The molecule has 1 rings (SSSR count). The molecule has 0 fully saturated rings. The van der Waals surface area contributed by atoms with Crippen molar-refractivity contribution in [3.63, 3.8) is 0 Å². The zero-order chi connectivity index (χ0) is 13.4. The molecule has 0 bridgehead atoms. The predicted molar refractivity (Wildman–Crippen MR) is 77.9 cm³/mol. The minimum Gasteiger partial charge on any atom is -0.380 e. The van der Waals surface area contributed by atoms with Gasteiger partial charge < -0.3 is 10.1 Å². The smallest absolute Gasteiger partial charge is 0.0591 e. The second-order valence-electron chi connectivity index (χ2n) is 5.38. The summed E-state index contributed by atoms with van der Waals surface area (Å²) >= 11 is 0. The molecule has 1 aromatic rings. The molecular formula is C16H27NO. The van der Waals surface area contributed by atoms with Crippen molar-refractivity contribution in [1.82, 2.24) is 5.32 Å². The first-order chi connectivity index (χ1) is 8.59. The van der Waals surface area contributed by atoms with E-state index in [1.165, 1.54) is 11.1 Å². The van der Waals surface area contributed by atoms with E-state index in [1.54, 1.807) is 0 Å². The summed E-state index contributed by atoms with van der Waals surface area (Å²) < 4.78 is 5.59. The summed E-state index contributed by atoms with van der Waals surface area (Å²) in [5, 5.41) is 3.48. The van der Waals surface area contributed by atoms with Gasteiger partial charge in [0.05, 0.1) is 6.61 Å². The minimum atomic E-state index is 0.388. The quantitative estimate of drug-likeness (QED) is 0.709. The summed E-state index contributed by atoms with van der Waals surface area (Å²) in [6, 6.07) is 9.08. The lowest BCUT2D eigenvalue weighted by Crippen LogP contribution is -2.23. The highest BCUT2D eigenvalue weighted by atomic mass is 16.5. The Morgan fingerprint density at radius 3 is 2.33 bits per heavy atom. The summed E-state index contributed by atoms with van der Waals surface area (Å²) in [7, 11) is 0. The molecule has 0 radical (unpaired) electrons. The Labute approximate surface area is 112 Å². The lowest BCUT2D eigenvalue weighted by Gasteiger charge is -2.14. The average Bonchev–Trinajstić information content (AvgIpc) is 2.34. The Balaban J connectivity index is 2.13. The molecule has 18 heavy (non-hydrogen) atoms. The lowest BCUT2D eigenvalue weighted by atomic mass is 10.1. The zero-order valence-electron chi connectivity index (χ0n) is 12.2. The molecule has 1 N–H and O–H groups in total. The van der Waals surface area contributed by atoms with E-state index in [2.05, 4.69) is 57.3 Å². The van der Waals surface area contributed by atoms with Crippen LogP contribution in [-0.2, 0) is 4.74 Å². The van der Waals surface area contributed by atoms with E-state index in [1.807, 2.05) is 0 Å². The number of benzene rings is 1. The maximum absolute atomic E-state index is 5.59. The highest BCUT2D eigenvalue weighted by molar-refractivity contribution is 5.23. The van der Waals surface area contributed by atoms with E-state index in [4.69, 9.17) is 4.74 Å². The Bertz CT molecular complexity index is 318. The van der Waals surface area contributed by atoms with Gasteiger partial charge in [0.15, 0.2) is 0 Å². The van der Waals surface area contributed by atoms with Crippen LogP contribution in [0.2, 0.25) is 0 Å². The van der Waals surface area contributed by atoms with Gasteiger partial charge in [-0.1, -0.05) is 43.7 Å². The van der Waals surface area contributed by atoms with Crippen molar-refractivity contribution in [1.29, 1.82) is 0 Å². The van der Waals surface area contributed by atoms with Gasteiger partial charge >= 0.3 is 0 Å². The first-order valence-corrected chi connectivity index (χ1v) is 6.97. The zero-order valence-corrected chi connectivity index (χ0v) is 12.2. The van der Waals surface area contributed by atoms with Gasteiger partial charge in [-0.25, -0.2) is 0 Å². The molecule has 2 nitrogen and oxygen atoms in total. The Hall–Kier alpha value is -0.860. The van der Waals surface area contributed by atoms with Crippen molar-refractivity contribution in [2.75, 3.05) is 19.8 Å².